The largest absolute Gasteiger partial charge is 0.406 e. The molecule has 198 valence electrons. The molecule has 0 amide bonds. The molecule has 0 saturated carbocycles. The minimum absolute atomic E-state index is 0.0207. The summed E-state index contributed by atoms with van der Waals surface area (Å²) in [5, 5.41) is 18.2. The maximum atomic E-state index is 14.0. The molecule has 0 N–H and O–H groups in total. The van der Waals surface area contributed by atoms with Crippen molar-refractivity contribution in [2.24, 2.45) is 5.41 Å². The van der Waals surface area contributed by atoms with Crippen molar-refractivity contribution < 1.29 is 17.6 Å². The predicted octanol–water partition coefficient (Wildman–Crippen LogP) is 4.31. The van der Waals surface area contributed by atoms with Crippen LogP contribution < -0.4 is 9.80 Å². The molecule has 5 heterocycles. The molecule has 1 spiro atoms. The molecule has 0 unspecified atom stereocenters. The number of anilines is 2. The van der Waals surface area contributed by atoms with Gasteiger partial charge in [-0.3, -0.25) is 9.47 Å². The third-order valence-corrected chi connectivity index (χ3v) is 8.06. The summed E-state index contributed by atoms with van der Waals surface area (Å²) in [6.45, 7) is 5.09. The molecular formula is C25H23ClF4N8. The number of alkyl halides is 3. The van der Waals surface area contributed by atoms with Crippen LogP contribution in [-0.4, -0.2) is 62.5 Å². The number of rotatable bonds is 3. The Hall–Kier alpha value is -3.43. The second-order valence-corrected chi connectivity index (χ2v) is 11.2. The zero-order chi connectivity index (χ0) is 27.0. The van der Waals surface area contributed by atoms with Crippen LogP contribution in [0.3, 0.4) is 0 Å². The van der Waals surface area contributed by atoms with E-state index in [9.17, 15) is 17.6 Å². The molecule has 38 heavy (non-hydrogen) atoms. The number of aromatic nitrogens is 4. The summed E-state index contributed by atoms with van der Waals surface area (Å²) in [5.41, 5.74) is -0.973. The predicted molar refractivity (Wildman–Crippen MR) is 132 cm³/mol. The van der Waals surface area contributed by atoms with Gasteiger partial charge in [0.2, 0.25) is 5.95 Å². The standard InChI is InChI=1S/C25H23ClF4N8/c1-23(2,25(28,29)30)37-9-15-7-16(26)3-5-19(15)38-21(10-37)33-34-22(38)36-13-24(14-36)11-35(12-24)20-6-4-17(27)18(8-31)32-20/h3-7H,9-14H2,1-2H3. The quantitative estimate of drug-likeness (QED) is 0.453. The van der Waals surface area contributed by atoms with E-state index in [0.717, 1.165) is 0 Å². The Bertz CT molecular complexity index is 1460. The van der Waals surface area contributed by atoms with Crippen molar-refractivity contribution in [3.63, 3.8) is 0 Å². The summed E-state index contributed by atoms with van der Waals surface area (Å²) < 4.78 is 57.4. The highest BCUT2D eigenvalue weighted by Crippen LogP contribution is 2.45. The SMILES string of the molecule is CC(C)(N1Cc2cc(Cl)ccc2-n2c(nnc2N2CC3(CN(c4ccc(F)c(C#N)n4)C3)C2)C1)C(F)(F)F. The van der Waals surface area contributed by atoms with Crippen LogP contribution >= 0.6 is 11.6 Å². The summed E-state index contributed by atoms with van der Waals surface area (Å²) >= 11 is 6.24. The summed E-state index contributed by atoms with van der Waals surface area (Å²) in [6, 6.07) is 9.78. The van der Waals surface area contributed by atoms with E-state index in [4.69, 9.17) is 16.9 Å². The number of hydrogen-bond donors (Lipinski definition) is 0. The van der Waals surface area contributed by atoms with Crippen molar-refractivity contribution in [2.75, 3.05) is 36.0 Å². The van der Waals surface area contributed by atoms with Gasteiger partial charge in [-0.1, -0.05) is 11.6 Å². The number of fused-ring (bicyclic) bond motifs is 3. The molecular weight excluding hydrogens is 524 g/mol. The molecule has 8 nitrogen and oxygen atoms in total. The lowest BCUT2D eigenvalue weighted by Gasteiger charge is -2.60. The highest BCUT2D eigenvalue weighted by atomic mass is 35.5. The van der Waals surface area contributed by atoms with Gasteiger partial charge >= 0.3 is 6.18 Å². The smallest absolute Gasteiger partial charge is 0.355 e. The van der Waals surface area contributed by atoms with E-state index in [-0.39, 0.29) is 24.2 Å². The summed E-state index contributed by atoms with van der Waals surface area (Å²) in [7, 11) is 0. The van der Waals surface area contributed by atoms with Gasteiger partial charge in [-0.2, -0.15) is 18.4 Å². The molecule has 0 bridgehead atoms. The normalized spacial score (nSPS) is 18.8. The molecule has 3 aliphatic heterocycles. The van der Waals surface area contributed by atoms with E-state index in [1.807, 2.05) is 9.47 Å². The summed E-state index contributed by atoms with van der Waals surface area (Å²) in [4.78, 5) is 9.52. The van der Waals surface area contributed by atoms with Gasteiger partial charge < -0.3 is 9.80 Å². The van der Waals surface area contributed by atoms with Crippen LogP contribution in [-0.2, 0) is 13.1 Å². The number of benzene rings is 1. The molecule has 0 atom stereocenters. The minimum Gasteiger partial charge on any atom is -0.355 e. The van der Waals surface area contributed by atoms with E-state index < -0.39 is 17.5 Å². The molecule has 1 aromatic carbocycles. The van der Waals surface area contributed by atoms with Crippen molar-refractivity contribution in [2.45, 2.75) is 38.7 Å². The molecule has 2 fully saturated rings. The zero-order valence-corrected chi connectivity index (χ0v) is 21.4. The molecule has 0 radical (unpaired) electrons. The first-order chi connectivity index (χ1) is 17.9. The van der Waals surface area contributed by atoms with Crippen molar-refractivity contribution in [3.8, 4) is 11.8 Å². The van der Waals surface area contributed by atoms with Crippen LogP contribution in [0.15, 0.2) is 30.3 Å². The highest BCUT2D eigenvalue weighted by molar-refractivity contribution is 6.30. The van der Waals surface area contributed by atoms with E-state index in [0.29, 0.717) is 60.0 Å². The van der Waals surface area contributed by atoms with E-state index in [1.54, 1.807) is 30.3 Å². The fourth-order valence-corrected chi connectivity index (χ4v) is 5.68. The molecule has 0 aliphatic carbocycles. The monoisotopic (exact) mass is 546 g/mol. The van der Waals surface area contributed by atoms with Gasteiger partial charge in [-0.15, -0.1) is 10.2 Å². The lowest BCUT2D eigenvalue weighted by molar-refractivity contribution is -0.224. The molecule has 3 aromatic rings. The van der Waals surface area contributed by atoms with Crippen molar-refractivity contribution >= 4 is 23.4 Å². The third-order valence-electron chi connectivity index (χ3n) is 7.82. The molecule has 2 aromatic heterocycles. The van der Waals surface area contributed by atoms with Gasteiger partial charge in [-0.05, 0) is 49.7 Å². The number of nitrogens with zero attached hydrogens (tertiary/aromatic N) is 8. The Labute approximate surface area is 221 Å². The lowest BCUT2D eigenvalue weighted by Crippen LogP contribution is -2.73. The summed E-state index contributed by atoms with van der Waals surface area (Å²) in [6.07, 6.45) is -4.45. The number of nitriles is 1. The second-order valence-electron chi connectivity index (χ2n) is 10.8. The Kier molecular flexibility index (Phi) is 5.42. The van der Waals surface area contributed by atoms with Crippen LogP contribution in [0.4, 0.5) is 29.3 Å². The van der Waals surface area contributed by atoms with Gasteiger partial charge in [0.1, 0.15) is 17.4 Å². The lowest BCUT2D eigenvalue weighted by atomic mass is 9.73. The average molecular weight is 547 g/mol. The Morgan fingerprint density at radius 1 is 1.00 bits per heavy atom. The van der Waals surface area contributed by atoms with Crippen molar-refractivity contribution in [1.29, 1.82) is 5.26 Å². The molecule has 13 heteroatoms. The van der Waals surface area contributed by atoms with Crippen LogP contribution in [0.25, 0.3) is 5.69 Å². The Morgan fingerprint density at radius 2 is 1.71 bits per heavy atom. The van der Waals surface area contributed by atoms with Gasteiger partial charge in [0.15, 0.2) is 17.3 Å². The highest BCUT2D eigenvalue weighted by Gasteiger charge is 2.55. The van der Waals surface area contributed by atoms with Gasteiger partial charge in [-0.25, -0.2) is 9.37 Å². The van der Waals surface area contributed by atoms with Crippen LogP contribution in [0.2, 0.25) is 5.02 Å². The Morgan fingerprint density at radius 3 is 2.39 bits per heavy atom. The molecule has 3 aliphatic rings. The first kappa shape index (κ1) is 24.9. The van der Waals surface area contributed by atoms with Crippen LogP contribution in [0.1, 0.15) is 30.9 Å². The van der Waals surface area contributed by atoms with Crippen molar-refractivity contribution in [3.05, 3.63) is 58.3 Å². The second kappa shape index (κ2) is 8.28. The van der Waals surface area contributed by atoms with Crippen LogP contribution in [0.5, 0.6) is 0 Å². The third kappa shape index (κ3) is 3.79. The fourth-order valence-electron chi connectivity index (χ4n) is 5.48. The average Bonchev–Trinajstić information content (AvgIpc) is 3.12. The zero-order valence-electron chi connectivity index (χ0n) is 20.6. The topological polar surface area (TPSA) is 77.1 Å². The number of pyridine rings is 1. The molecule has 6 rings (SSSR count). The molecule has 2 saturated heterocycles. The first-order valence-electron chi connectivity index (χ1n) is 12.0. The van der Waals surface area contributed by atoms with E-state index >= 15 is 0 Å². The maximum Gasteiger partial charge on any atom is 0.406 e. The maximum absolute atomic E-state index is 14.0. The number of halogens is 5. The Balaban J connectivity index is 1.26. The fraction of sp³-hybridized carbons (Fsp3) is 0.440. The summed E-state index contributed by atoms with van der Waals surface area (Å²) in [5.74, 6) is 0.911. The van der Waals surface area contributed by atoms with Gasteiger partial charge in [0, 0.05) is 43.2 Å². The van der Waals surface area contributed by atoms with Crippen LogP contribution in [0, 0.1) is 22.6 Å². The minimum atomic E-state index is -4.45. The first-order valence-corrected chi connectivity index (χ1v) is 12.4. The van der Waals surface area contributed by atoms with Gasteiger partial charge in [0.05, 0.1) is 12.2 Å². The number of hydrogen-bond acceptors (Lipinski definition) is 7. The van der Waals surface area contributed by atoms with Crippen molar-refractivity contribution in [1.82, 2.24) is 24.6 Å². The van der Waals surface area contributed by atoms with E-state index in [1.165, 1.54) is 24.8 Å². The van der Waals surface area contributed by atoms with Gasteiger partial charge in [0.25, 0.3) is 0 Å². The van der Waals surface area contributed by atoms with E-state index in [2.05, 4.69) is 20.1 Å².